The molecule has 110 valence electrons. The van der Waals surface area contributed by atoms with Crippen molar-refractivity contribution in [2.24, 2.45) is 5.73 Å². The normalized spacial score (nSPS) is 9.95. The summed E-state index contributed by atoms with van der Waals surface area (Å²) in [5.41, 5.74) is 6.25. The average molecular weight is 281 g/mol. The van der Waals surface area contributed by atoms with Crippen LogP contribution in [0.25, 0.3) is 0 Å². The Kier molecular flexibility index (Phi) is 6.48. The Labute approximate surface area is 117 Å². The molecule has 1 aromatic carbocycles. The first-order valence-electron chi connectivity index (χ1n) is 6.07. The second-order valence-corrected chi connectivity index (χ2v) is 3.98. The molecule has 0 bridgehead atoms. The maximum Gasteiger partial charge on any atom is 0.250 e. The highest BCUT2D eigenvalue weighted by Crippen LogP contribution is 2.27. The van der Waals surface area contributed by atoms with Crippen LogP contribution in [0.3, 0.4) is 0 Å². The zero-order valence-corrected chi connectivity index (χ0v) is 11.6. The van der Waals surface area contributed by atoms with E-state index in [1.165, 1.54) is 14.2 Å². The summed E-state index contributed by atoms with van der Waals surface area (Å²) in [6.07, 6.45) is 0.197. The maximum atomic E-state index is 11.6. The number of ether oxygens (including phenoxy) is 2. The molecule has 20 heavy (non-hydrogen) atoms. The lowest BCUT2D eigenvalue weighted by atomic mass is 10.2. The highest BCUT2D eigenvalue weighted by Gasteiger charge is 2.10. The molecule has 0 fully saturated rings. The van der Waals surface area contributed by atoms with Gasteiger partial charge in [0.1, 0.15) is 12.4 Å². The van der Waals surface area contributed by atoms with E-state index in [9.17, 15) is 9.59 Å². The van der Waals surface area contributed by atoms with Crippen molar-refractivity contribution in [1.29, 1.82) is 0 Å². The van der Waals surface area contributed by atoms with Crippen molar-refractivity contribution < 1.29 is 19.1 Å². The van der Waals surface area contributed by atoms with E-state index in [1.807, 2.05) is 0 Å². The van der Waals surface area contributed by atoms with E-state index in [1.54, 1.807) is 18.2 Å². The van der Waals surface area contributed by atoms with Gasteiger partial charge in [-0.1, -0.05) is 0 Å². The first kappa shape index (κ1) is 15.9. The summed E-state index contributed by atoms with van der Waals surface area (Å²) < 4.78 is 9.83. The molecule has 0 saturated carbocycles. The average Bonchev–Trinajstić information content (AvgIpc) is 2.41. The Hall–Kier alpha value is -2.12. The summed E-state index contributed by atoms with van der Waals surface area (Å²) in [5.74, 6) is 0.0211. The van der Waals surface area contributed by atoms with Crippen molar-refractivity contribution in [2.45, 2.75) is 6.42 Å². The second-order valence-electron chi connectivity index (χ2n) is 3.98. The van der Waals surface area contributed by atoms with E-state index >= 15 is 0 Å². The van der Waals surface area contributed by atoms with Crippen molar-refractivity contribution >= 4 is 23.2 Å². The molecule has 0 aromatic heterocycles. The molecule has 0 heterocycles. The Morgan fingerprint density at radius 2 is 1.85 bits per heavy atom. The molecule has 0 saturated heterocycles. The lowest BCUT2D eigenvalue weighted by Crippen LogP contribution is -2.20. The van der Waals surface area contributed by atoms with Gasteiger partial charge < -0.3 is 25.8 Å². The third-order valence-corrected chi connectivity index (χ3v) is 2.42. The summed E-state index contributed by atoms with van der Waals surface area (Å²) in [4.78, 5) is 23.1. The Morgan fingerprint density at radius 1 is 1.15 bits per heavy atom. The number of rotatable bonds is 7. The molecule has 7 nitrogen and oxygen atoms in total. The van der Waals surface area contributed by atoms with Crippen molar-refractivity contribution in [3.8, 4) is 5.75 Å². The smallest absolute Gasteiger partial charge is 0.250 e. The molecule has 0 aliphatic carbocycles. The van der Waals surface area contributed by atoms with Gasteiger partial charge in [-0.05, 0) is 12.1 Å². The summed E-state index contributed by atoms with van der Waals surface area (Å²) in [5, 5.41) is 5.32. The first-order valence-corrected chi connectivity index (χ1v) is 6.07. The van der Waals surface area contributed by atoms with Crippen LogP contribution in [0.2, 0.25) is 0 Å². The molecule has 0 aliphatic heterocycles. The number of methoxy groups -OCH3 is 2. The van der Waals surface area contributed by atoms with E-state index in [0.29, 0.717) is 17.1 Å². The number of benzene rings is 1. The number of carbonyl (C=O) groups is 2. The summed E-state index contributed by atoms with van der Waals surface area (Å²) in [6.45, 7) is 0.184. The molecular weight excluding hydrogens is 262 g/mol. The van der Waals surface area contributed by atoms with Crippen LogP contribution in [0, 0.1) is 0 Å². The van der Waals surface area contributed by atoms with E-state index < -0.39 is 0 Å². The minimum absolute atomic E-state index is 0.0672. The van der Waals surface area contributed by atoms with Gasteiger partial charge in [0.2, 0.25) is 11.8 Å². The Balaban J connectivity index is 2.91. The third kappa shape index (κ3) is 4.87. The molecular formula is C13H19N3O4. The topological polar surface area (TPSA) is 103 Å². The summed E-state index contributed by atoms with van der Waals surface area (Å²) >= 11 is 0. The monoisotopic (exact) mass is 281 g/mol. The molecule has 2 amide bonds. The lowest BCUT2D eigenvalue weighted by Gasteiger charge is -2.13. The zero-order chi connectivity index (χ0) is 15.0. The number of nitrogens with two attached hydrogens (primary N) is 1. The number of amides is 2. The number of hydrogen-bond donors (Lipinski definition) is 3. The van der Waals surface area contributed by atoms with Crippen LogP contribution in [0.1, 0.15) is 6.42 Å². The maximum absolute atomic E-state index is 11.6. The number of nitrogens with one attached hydrogen (secondary N) is 2. The fourth-order valence-electron chi connectivity index (χ4n) is 1.52. The molecule has 7 heteroatoms. The highest BCUT2D eigenvalue weighted by atomic mass is 16.5. The second kappa shape index (κ2) is 8.13. The van der Waals surface area contributed by atoms with Gasteiger partial charge in [-0.25, -0.2) is 0 Å². The van der Waals surface area contributed by atoms with Gasteiger partial charge in [0.05, 0.1) is 18.5 Å². The van der Waals surface area contributed by atoms with Crippen LogP contribution in [0.15, 0.2) is 18.2 Å². The summed E-state index contributed by atoms with van der Waals surface area (Å²) in [7, 11) is 2.95. The molecule has 0 radical (unpaired) electrons. The number of carbonyl (C=O) groups excluding carboxylic acids is 2. The molecule has 0 aliphatic rings. The van der Waals surface area contributed by atoms with Crippen LogP contribution in [0.5, 0.6) is 5.75 Å². The van der Waals surface area contributed by atoms with E-state index in [0.717, 1.165) is 0 Å². The Bertz CT molecular complexity index is 477. The largest absolute Gasteiger partial charge is 0.497 e. The van der Waals surface area contributed by atoms with Crippen molar-refractivity contribution in [2.75, 3.05) is 38.0 Å². The zero-order valence-electron chi connectivity index (χ0n) is 11.6. The first-order chi connectivity index (χ1) is 9.60. The minimum atomic E-state index is -0.313. The molecule has 4 N–H and O–H groups in total. The van der Waals surface area contributed by atoms with Gasteiger partial charge in [-0.15, -0.1) is 0 Å². The lowest BCUT2D eigenvalue weighted by molar-refractivity contribution is -0.119. The van der Waals surface area contributed by atoms with Gasteiger partial charge >= 0.3 is 0 Å². The van der Waals surface area contributed by atoms with Crippen LogP contribution >= 0.6 is 0 Å². The van der Waals surface area contributed by atoms with Crippen LogP contribution in [-0.4, -0.2) is 39.2 Å². The highest BCUT2D eigenvalue weighted by molar-refractivity contribution is 6.00. The summed E-state index contributed by atoms with van der Waals surface area (Å²) in [6, 6.07) is 4.95. The van der Waals surface area contributed by atoms with Crippen molar-refractivity contribution in [3.05, 3.63) is 18.2 Å². The number of hydrogen-bond acceptors (Lipinski definition) is 5. The van der Waals surface area contributed by atoms with Crippen molar-refractivity contribution in [3.63, 3.8) is 0 Å². The van der Waals surface area contributed by atoms with Crippen molar-refractivity contribution in [1.82, 2.24) is 0 Å². The van der Waals surface area contributed by atoms with Gasteiger partial charge in [-0.3, -0.25) is 9.59 Å². The minimum Gasteiger partial charge on any atom is -0.497 e. The van der Waals surface area contributed by atoms with E-state index in [2.05, 4.69) is 10.6 Å². The molecule has 1 aromatic rings. The predicted molar refractivity (Wildman–Crippen MR) is 75.8 cm³/mol. The molecule has 0 unspecified atom stereocenters. The van der Waals surface area contributed by atoms with Crippen LogP contribution in [-0.2, 0) is 14.3 Å². The fraction of sp³-hybridized carbons (Fsp3) is 0.385. The molecule has 0 atom stereocenters. The van der Waals surface area contributed by atoms with Crippen LogP contribution < -0.4 is 21.1 Å². The van der Waals surface area contributed by atoms with Crippen LogP contribution in [0.4, 0.5) is 11.4 Å². The number of anilines is 2. The van der Waals surface area contributed by atoms with E-state index in [-0.39, 0.29) is 31.4 Å². The third-order valence-electron chi connectivity index (χ3n) is 2.42. The van der Waals surface area contributed by atoms with Gasteiger partial charge in [0.25, 0.3) is 0 Å². The van der Waals surface area contributed by atoms with Gasteiger partial charge in [0.15, 0.2) is 0 Å². The Morgan fingerprint density at radius 3 is 2.45 bits per heavy atom. The molecule has 0 spiro atoms. The molecule has 1 rings (SSSR count). The van der Waals surface area contributed by atoms with E-state index in [4.69, 9.17) is 15.2 Å². The standard InChI is InChI=1S/C13H19N3O4/c1-19-8-13(18)15-10-4-3-9(20-2)7-11(10)16-12(17)5-6-14/h3-4,7H,5-6,8,14H2,1-2H3,(H,15,18)(H,16,17). The quantitative estimate of drug-likeness (QED) is 0.678. The van der Waals surface area contributed by atoms with Gasteiger partial charge in [0, 0.05) is 26.1 Å². The van der Waals surface area contributed by atoms with Gasteiger partial charge in [-0.2, -0.15) is 0 Å². The predicted octanol–water partition coefficient (Wildman–Crippen LogP) is 0.567. The SMILES string of the molecule is COCC(=O)Nc1ccc(OC)cc1NC(=O)CCN. The fourth-order valence-corrected chi connectivity index (χ4v) is 1.52.